The van der Waals surface area contributed by atoms with Gasteiger partial charge in [-0.2, -0.15) is 0 Å². The second-order valence-electron chi connectivity index (χ2n) is 3.74. The van der Waals surface area contributed by atoms with Crippen molar-refractivity contribution < 1.29 is 10.2 Å². The van der Waals surface area contributed by atoms with Gasteiger partial charge in [-0.05, 0) is 29.1 Å². The van der Waals surface area contributed by atoms with Gasteiger partial charge in [0.2, 0.25) is 0 Å². The number of nitrogens with zero attached hydrogens (tertiary/aromatic N) is 3. The molecule has 1 aromatic rings. The molecule has 1 aromatic carbocycles. The van der Waals surface area contributed by atoms with Crippen LogP contribution in [0.2, 0.25) is 0 Å². The third kappa shape index (κ3) is 3.35. The van der Waals surface area contributed by atoms with Crippen LogP contribution in [0.3, 0.4) is 0 Å². The van der Waals surface area contributed by atoms with Crippen LogP contribution in [0.25, 0.3) is 10.4 Å². The highest BCUT2D eigenvalue weighted by atomic mass is 16.3. The fourth-order valence-electron chi connectivity index (χ4n) is 1.56. The van der Waals surface area contributed by atoms with Gasteiger partial charge in [-0.3, -0.25) is 0 Å². The Morgan fingerprint density at radius 3 is 2.76 bits per heavy atom. The summed E-state index contributed by atoms with van der Waals surface area (Å²) in [6, 6.07) is 5.09. The van der Waals surface area contributed by atoms with Crippen molar-refractivity contribution in [2.45, 2.75) is 25.6 Å². The van der Waals surface area contributed by atoms with Gasteiger partial charge in [-0.15, -0.1) is 0 Å². The van der Waals surface area contributed by atoms with Gasteiger partial charge in [0.1, 0.15) is 6.10 Å². The molecule has 6 nitrogen and oxygen atoms in total. The number of nitrogen functional groups attached to an aromatic ring is 1. The van der Waals surface area contributed by atoms with Crippen LogP contribution in [0, 0.1) is 0 Å². The standard InChI is InChI=1S/C11H16N4O2/c1-2-7-5-8(3-4-9(7)12)11(17)10(16)6-14-15-13/h3-5,10-11,16-17H,2,6,12H2,1H3. The molecular weight excluding hydrogens is 220 g/mol. The number of hydrogen-bond donors (Lipinski definition) is 3. The molecule has 0 aromatic heterocycles. The summed E-state index contributed by atoms with van der Waals surface area (Å²) >= 11 is 0. The normalized spacial score (nSPS) is 13.8. The third-order valence-electron chi connectivity index (χ3n) is 2.59. The first-order chi connectivity index (χ1) is 8.10. The minimum absolute atomic E-state index is 0.163. The average molecular weight is 236 g/mol. The first-order valence-electron chi connectivity index (χ1n) is 5.35. The molecule has 4 N–H and O–H groups in total. The Morgan fingerprint density at radius 2 is 2.18 bits per heavy atom. The van der Waals surface area contributed by atoms with E-state index in [9.17, 15) is 10.2 Å². The molecule has 1 rings (SSSR count). The van der Waals surface area contributed by atoms with E-state index in [0.717, 1.165) is 12.0 Å². The topological polar surface area (TPSA) is 115 Å². The second-order valence-corrected chi connectivity index (χ2v) is 3.74. The molecule has 0 aliphatic heterocycles. The van der Waals surface area contributed by atoms with Crippen molar-refractivity contribution in [1.29, 1.82) is 0 Å². The molecule has 17 heavy (non-hydrogen) atoms. The van der Waals surface area contributed by atoms with Gasteiger partial charge in [0.25, 0.3) is 0 Å². The average Bonchev–Trinajstić information content (AvgIpc) is 2.35. The molecule has 0 spiro atoms. The Bertz CT molecular complexity index is 429. The maximum atomic E-state index is 9.85. The second kappa shape index (κ2) is 6.10. The summed E-state index contributed by atoms with van der Waals surface area (Å²) < 4.78 is 0. The predicted molar refractivity (Wildman–Crippen MR) is 65.2 cm³/mol. The summed E-state index contributed by atoms with van der Waals surface area (Å²) in [5.74, 6) is 0. The van der Waals surface area contributed by atoms with Crippen LogP contribution >= 0.6 is 0 Å². The van der Waals surface area contributed by atoms with E-state index < -0.39 is 12.2 Å². The van der Waals surface area contributed by atoms with E-state index in [-0.39, 0.29) is 6.54 Å². The molecule has 0 radical (unpaired) electrons. The van der Waals surface area contributed by atoms with Crippen LogP contribution in [0.5, 0.6) is 0 Å². The monoisotopic (exact) mass is 236 g/mol. The van der Waals surface area contributed by atoms with E-state index in [2.05, 4.69) is 10.0 Å². The number of azide groups is 1. The highest BCUT2D eigenvalue weighted by Crippen LogP contribution is 2.22. The van der Waals surface area contributed by atoms with Crippen molar-refractivity contribution in [2.75, 3.05) is 12.3 Å². The van der Waals surface area contributed by atoms with Crippen LogP contribution in [0.15, 0.2) is 23.3 Å². The quantitative estimate of drug-likeness (QED) is 0.311. The molecule has 0 bridgehead atoms. The third-order valence-corrected chi connectivity index (χ3v) is 2.59. The molecule has 2 unspecified atom stereocenters. The molecule has 92 valence electrons. The predicted octanol–water partition coefficient (Wildman–Crippen LogP) is 1.54. The summed E-state index contributed by atoms with van der Waals surface area (Å²) in [7, 11) is 0. The lowest BCUT2D eigenvalue weighted by molar-refractivity contribution is 0.0244. The fourth-order valence-corrected chi connectivity index (χ4v) is 1.56. The number of anilines is 1. The molecule has 0 heterocycles. The smallest absolute Gasteiger partial charge is 0.105 e. The fraction of sp³-hybridized carbons (Fsp3) is 0.455. The number of rotatable bonds is 5. The summed E-state index contributed by atoms with van der Waals surface area (Å²) in [5.41, 5.74) is 16.0. The lowest BCUT2D eigenvalue weighted by Gasteiger charge is -2.17. The zero-order chi connectivity index (χ0) is 12.8. The van der Waals surface area contributed by atoms with E-state index in [1.54, 1.807) is 18.2 Å². The minimum atomic E-state index is -1.11. The van der Waals surface area contributed by atoms with Crippen LogP contribution in [0.1, 0.15) is 24.2 Å². The lowest BCUT2D eigenvalue weighted by Crippen LogP contribution is -2.21. The molecule has 0 saturated heterocycles. The first-order valence-corrected chi connectivity index (χ1v) is 5.35. The maximum Gasteiger partial charge on any atom is 0.105 e. The molecule has 0 aliphatic carbocycles. The summed E-state index contributed by atoms with van der Waals surface area (Å²) in [5, 5.41) is 22.7. The molecule has 0 amide bonds. The van der Waals surface area contributed by atoms with Crippen molar-refractivity contribution in [3.8, 4) is 0 Å². The Kier molecular flexibility index (Phi) is 4.78. The Hall–Kier alpha value is -1.75. The Balaban J connectivity index is 2.88. The van der Waals surface area contributed by atoms with Crippen LogP contribution in [0.4, 0.5) is 5.69 Å². The van der Waals surface area contributed by atoms with Gasteiger partial charge in [0.15, 0.2) is 0 Å². The number of aliphatic hydroxyl groups is 2. The van der Waals surface area contributed by atoms with Gasteiger partial charge in [-0.25, -0.2) is 0 Å². The van der Waals surface area contributed by atoms with Crippen molar-refractivity contribution in [2.24, 2.45) is 5.11 Å². The maximum absolute atomic E-state index is 9.85. The van der Waals surface area contributed by atoms with Gasteiger partial charge in [0.05, 0.1) is 12.6 Å². The van der Waals surface area contributed by atoms with Crippen LogP contribution in [-0.2, 0) is 6.42 Å². The van der Waals surface area contributed by atoms with E-state index >= 15 is 0 Å². The highest BCUT2D eigenvalue weighted by Gasteiger charge is 2.18. The first kappa shape index (κ1) is 13.3. The highest BCUT2D eigenvalue weighted by molar-refractivity contribution is 5.49. The molecule has 0 aliphatic rings. The van der Waals surface area contributed by atoms with Crippen LogP contribution < -0.4 is 5.73 Å². The molecule has 0 fully saturated rings. The number of benzene rings is 1. The van der Waals surface area contributed by atoms with E-state index in [1.807, 2.05) is 6.92 Å². The Morgan fingerprint density at radius 1 is 1.47 bits per heavy atom. The SMILES string of the molecule is CCc1cc(C(O)C(O)CN=[N+]=[N-])ccc1N. The zero-order valence-electron chi connectivity index (χ0n) is 9.61. The van der Waals surface area contributed by atoms with Crippen molar-refractivity contribution in [3.63, 3.8) is 0 Å². The van der Waals surface area contributed by atoms with Gasteiger partial charge < -0.3 is 15.9 Å². The van der Waals surface area contributed by atoms with Gasteiger partial charge in [0, 0.05) is 10.6 Å². The number of nitrogens with two attached hydrogens (primary N) is 1. The number of aliphatic hydroxyl groups excluding tert-OH is 2. The van der Waals surface area contributed by atoms with E-state index in [4.69, 9.17) is 11.3 Å². The molecular formula is C11H16N4O2. The Labute approximate surface area is 99.3 Å². The molecule has 0 saturated carbocycles. The lowest BCUT2D eigenvalue weighted by atomic mass is 10.00. The van der Waals surface area contributed by atoms with Crippen molar-refractivity contribution in [1.82, 2.24) is 0 Å². The molecule has 6 heteroatoms. The number of aryl methyl sites for hydroxylation is 1. The summed E-state index contributed by atoms with van der Waals surface area (Å²) in [4.78, 5) is 2.53. The van der Waals surface area contributed by atoms with E-state index in [0.29, 0.717) is 11.3 Å². The summed E-state index contributed by atoms with van der Waals surface area (Å²) in [6.07, 6.45) is -1.44. The minimum Gasteiger partial charge on any atom is -0.399 e. The van der Waals surface area contributed by atoms with E-state index in [1.165, 1.54) is 0 Å². The van der Waals surface area contributed by atoms with Crippen molar-refractivity contribution in [3.05, 3.63) is 39.8 Å². The largest absolute Gasteiger partial charge is 0.399 e. The van der Waals surface area contributed by atoms with Crippen molar-refractivity contribution >= 4 is 5.69 Å². The van der Waals surface area contributed by atoms with Gasteiger partial charge >= 0.3 is 0 Å². The zero-order valence-corrected chi connectivity index (χ0v) is 9.61. The van der Waals surface area contributed by atoms with Gasteiger partial charge in [-0.1, -0.05) is 24.2 Å². The van der Waals surface area contributed by atoms with Crippen LogP contribution in [-0.4, -0.2) is 22.9 Å². The number of hydrogen-bond acceptors (Lipinski definition) is 4. The summed E-state index contributed by atoms with van der Waals surface area (Å²) in [6.45, 7) is 1.79. The molecule has 2 atom stereocenters.